The Morgan fingerprint density at radius 2 is 1.50 bits per heavy atom. The van der Waals surface area contributed by atoms with Crippen molar-refractivity contribution in [3.05, 3.63) is 0 Å². The topological polar surface area (TPSA) is 113 Å². The molecule has 0 aromatic carbocycles. The van der Waals surface area contributed by atoms with Crippen LogP contribution in [0.25, 0.3) is 0 Å². The standard InChI is InChI=1S/C21H35NO8/c23-20(18-30-19-6-4-2-1-3-5-7-19)22-9-11-27-13-15-29-17-16-28-14-12-26-10-8-21(24)25/h19H,1-4,6,8-18H2,(H,22,23)(H,24,25). The molecular formula is C21H35NO8. The molecule has 0 fully saturated rings. The maximum atomic E-state index is 11.8. The zero-order chi connectivity index (χ0) is 21.7. The van der Waals surface area contributed by atoms with Gasteiger partial charge in [0.1, 0.15) is 12.7 Å². The molecule has 1 aliphatic carbocycles. The fraction of sp³-hybridized carbons (Fsp3) is 0.810. The van der Waals surface area contributed by atoms with E-state index in [2.05, 4.69) is 17.2 Å². The molecule has 2 N–H and O–H groups in total. The number of ether oxygens (including phenoxy) is 5. The molecule has 0 spiro atoms. The first-order chi connectivity index (χ1) is 14.7. The first kappa shape index (κ1) is 26.3. The number of hydrogen-bond acceptors (Lipinski definition) is 7. The fourth-order valence-electron chi connectivity index (χ4n) is 2.51. The largest absolute Gasteiger partial charge is 0.481 e. The van der Waals surface area contributed by atoms with Gasteiger partial charge in [-0.1, -0.05) is 12.3 Å². The molecule has 0 saturated carbocycles. The van der Waals surface area contributed by atoms with Crippen LogP contribution in [0.2, 0.25) is 0 Å². The summed E-state index contributed by atoms with van der Waals surface area (Å²) >= 11 is 0. The van der Waals surface area contributed by atoms with E-state index < -0.39 is 5.97 Å². The van der Waals surface area contributed by atoms with Crippen molar-refractivity contribution in [1.29, 1.82) is 0 Å². The van der Waals surface area contributed by atoms with Gasteiger partial charge in [0, 0.05) is 13.0 Å². The molecule has 0 heterocycles. The second-order valence-corrected chi connectivity index (χ2v) is 6.66. The first-order valence-electron chi connectivity index (χ1n) is 10.6. The number of carbonyl (C=O) groups excluding carboxylic acids is 1. The minimum Gasteiger partial charge on any atom is -0.481 e. The Kier molecular flexibility index (Phi) is 16.9. The summed E-state index contributed by atoms with van der Waals surface area (Å²) in [6.07, 6.45) is 5.05. The second-order valence-electron chi connectivity index (χ2n) is 6.66. The van der Waals surface area contributed by atoms with Crippen LogP contribution in [-0.4, -0.2) is 89.1 Å². The average molecular weight is 430 g/mol. The fourth-order valence-corrected chi connectivity index (χ4v) is 2.51. The van der Waals surface area contributed by atoms with Crippen molar-refractivity contribution in [3.8, 4) is 11.8 Å². The number of carbonyl (C=O) groups is 2. The molecule has 30 heavy (non-hydrogen) atoms. The van der Waals surface area contributed by atoms with E-state index in [0.717, 1.165) is 25.7 Å². The van der Waals surface area contributed by atoms with Crippen molar-refractivity contribution >= 4 is 11.9 Å². The number of amides is 1. The minimum atomic E-state index is -0.876. The van der Waals surface area contributed by atoms with E-state index in [9.17, 15) is 9.59 Å². The molecule has 1 amide bonds. The molecule has 0 radical (unpaired) electrons. The quantitative estimate of drug-likeness (QED) is 0.245. The van der Waals surface area contributed by atoms with Gasteiger partial charge in [-0.25, -0.2) is 0 Å². The summed E-state index contributed by atoms with van der Waals surface area (Å²) in [4.78, 5) is 22.1. The molecular weight excluding hydrogens is 394 g/mol. The molecule has 0 aromatic rings. The predicted molar refractivity (Wildman–Crippen MR) is 109 cm³/mol. The molecule has 0 aliphatic heterocycles. The van der Waals surface area contributed by atoms with Gasteiger partial charge in [-0.3, -0.25) is 9.59 Å². The second kappa shape index (κ2) is 19.3. The van der Waals surface area contributed by atoms with E-state index in [1.54, 1.807) is 0 Å². The van der Waals surface area contributed by atoms with Gasteiger partial charge in [-0.2, -0.15) is 0 Å². The Labute approximate surface area is 178 Å². The average Bonchev–Trinajstić information content (AvgIpc) is 2.69. The summed E-state index contributed by atoms with van der Waals surface area (Å²) in [6.45, 7) is 3.55. The molecule has 1 unspecified atom stereocenters. The van der Waals surface area contributed by atoms with Gasteiger partial charge >= 0.3 is 5.97 Å². The number of carboxylic acid groups (broad SMARTS) is 1. The van der Waals surface area contributed by atoms with Crippen LogP contribution in [0.1, 0.15) is 38.5 Å². The lowest BCUT2D eigenvalue weighted by Crippen LogP contribution is -2.32. The highest BCUT2D eigenvalue weighted by Gasteiger charge is 2.10. The normalized spacial score (nSPS) is 16.2. The van der Waals surface area contributed by atoms with E-state index in [4.69, 9.17) is 28.8 Å². The summed E-state index contributed by atoms with van der Waals surface area (Å²) in [6, 6.07) is 0. The van der Waals surface area contributed by atoms with Gasteiger partial charge in [-0.15, -0.1) is 5.92 Å². The van der Waals surface area contributed by atoms with Crippen LogP contribution in [0.5, 0.6) is 0 Å². The Bertz CT molecular complexity index is 517. The van der Waals surface area contributed by atoms with Crippen molar-refractivity contribution in [1.82, 2.24) is 5.32 Å². The number of carboxylic acids is 1. The Morgan fingerprint density at radius 1 is 0.867 bits per heavy atom. The van der Waals surface area contributed by atoms with E-state index in [0.29, 0.717) is 52.8 Å². The summed E-state index contributed by atoms with van der Waals surface area (Å²) in [7, 11) is 0. The summed E-state index contributed by atoms with van der Waals surface area (Å²) in [5, 5.41) is 11.2. The lowest BCUT2D eigenvalue weighted by Gasteiger charge is -2.13. The summed E-state index contributed by atoms with van der Waals surface area (Å²) < 4.78 is 26.7. The van der Waals surface area contributed by atoms with Crippen LogP contribution >= 0.6 is 0 Å². The zero-order valence-corrected chi connectivity index (χ0v) is 17.7. The third kappa shape index (κ3) is 17.2. The van der Waals surface area contributed by atoms with E-state index in [1.165, 1.54) is 6.42 Å². The van der Waals surface area contributed by atoms with Gasteiger partial charge in [0.05, 0.1) is 59.3 Å². The number of aliphatic carboxylic acids is 1. The molecule has 1 aliphatic rings. The molecule has 1 rings (SSSR count). The molecule has 172 valence electrons. The maximum absolute atomic E-state index is 11.8. The van der Waals surface area contributed by atoms with E-state index in [1.807, 2.05) is 0 Å². The predicted octanol–water partition coefficient (Wildman–Crippen LogP) is 0.996. The van der Waals surface area contributed by atoms with Gasteiger partial charge in [0.2, 0.25) is 5.91 Å². The molecule has 9 nitrogen and oxygen atoms in total. The van der Waals surface area contributed by atoms with Crippen molar-refractivity contribution in [2.45, 2.75) is 44.6 Å². The molecule has 9 heteroatoms. The molecule has 1 atom stereocenters. The number of hydrogen-bond donors (Lipinski definition) is 2. The van der Waals surface area contributed by atoms with Crippen LogP contribution in [0, 0.1) is 11.8 Å². The monoisotopic (exact) mass is 429 g/mol. The van der Waals surface area contributed by atoms with Gasteiger partial charge < -0.3 is 34.1 Å². The Balaban J connectivity index is 1.80. The highest BCUT2D eigenvalue weighted by atomic mass is 16.6. The lowest BCUT2D eigenvalue weighted by atomic mass is 10.1. The van der Waals surface area contributed by atoms with Crippen LogP contribution in [0.15, 0.2) is 0 Å². The van der Waals surface area contributed by atoms with Crippen LogP contribution in [0.4, 0.5) is 0 Å². The highest BCUT2D eigenvalue weighted by molar-refractivity contribution is 5.77. The van der Waals surface area contributed by atoms with Crippen molar-refractivity contribution in [2.75, 3.05) is 66.0 Å². The lowest BCUT2D eigenvalue weighted by molar-refractivity contribution is -0.138. The van der Waals surface area contributed by atoms with Crippen molar-refractivity contribution in [2.24, 2.45) is 0 Å². The van der Waals surface area contributed by atoms with Crippen molar-refractivity contribution in [3.63, 3.8) is 0 Å². The van der Waals surface area contributed by atoms with Crippen LogP contribution in [-0.2, 0) is 33.3 Å². The van der Waals surface area contributed by atoms with Crippen LogP contribution in [0.3, 0.4) is 0 Å². The molecule has 0 aromatic heterocycles. The van der Waals surface area contributed by atoms with E-state index in [-0.39, 0.29) is 31.6 Å². The smallest absolute Gasteiger partial charge is 0.305 e. The maximum Gasteiger partial charge on any atom is 0.305 e. The van der Waals surface area contributed by atoms with E-state index >= 15 is 0 Å². The number of rotatable bonds is 18. The molecule has 0 bridgehead atoms. The van der Waals surface area contributed by atoms with Crippen LogP contribution < -0.4 is 5.32 Å². The summed E-state index contributed by atoms with van der Waals surface area (Å²) in [5.74, 6) is 5.13. The minimum absolute atomic E-state index is 0.00374. The van der Waals surface area contributed by atoms with Gasteiger partial charge in [-0.05, 0) is 19.3 Å². The number of nitrogens with one attached hydrogen (secondary N) is 1. The third-order valence-electron chi connectivity index (χ3n) is 4.09. The zero-order valence-electron chi connectivity index (χ0n) is 17.7. The Hall–Kier alpha value is -1.70. The Morgan fingerprint density at radius 3 is 2.17 bits per heavy atom. The third-order valence-corrected chi connectivity index (χ3v) is 4.09. The summed E-state index contributed by atoms with van der Waals surface area (Å²) in [5.41, 5.74) is 0. The van der Waals surface area contributed by atoms with Crippen molar-refractivity contribution < 1.29 is 38.4 Å². The highest BCUT2D eigenvalue weighted by Crippen LogP contribution is 2.10. The SMILES string of the molecule is O=C(O)CCOCCOCCOCCOCCNC(=O)COC1C#CCCCCC1. The van der Waals surface area contributed by atoms with Gasteiger partial charge in [0.25, 0.3) is 0 Å². The van der Waals surface area contributed by atoms with Gasteiger partial charge in [0.15, 0.2) is 0 Å². The first-order valence-corrected chi connectivity index (χ1v) is 10.6. The molecule has 0 saturated heterocycles.